The van der Waals surface area contributed by atoms with Crippen molar-refractivity contribution in [3.63, 3.8) is 0 Å². The fourth-order valence-electron chi connectivity index (χ4n) is 3.35. The number of benzene rings is 1. The first-order valence-electron chi connectivity index (χ1n) is 9.87. The van der Waals surface area contributed by atoms with Crippen LogP contribution in [0.4, 0.5) is 5.69 Å². The fraction of sp³-hybridized carbons (Fsp3) is 0.286. The number of hydrogen-bond acceptors (Lipinski definition) is 6. The van der Waals surface area contributed by atoms with Gasteiger partial charge in [-0.2, -0.15) is 4.31 Å². The molecular weight excluding hydrogens is 438 g/mol. The lowest BCUT2D eigenvalue weighted by Crippen LogP contribution is -2.40. The van der Waals surface area contributed by atoms with Crippen molar-refractivity contribution in [3.8, 4) is 11.4 Å². The highest BCUT2D eigenvalue weighted by molar-refractivity contribution is 7.89. The van der Waals surface area contributed by atoms with Crippen LogP contribution in [0.15, 0.2) is 59.1 Å². The summed E-state index contributed by atoms with van der Waals surface area (Å²) in [6.45, 7) is 3.37. The van der Waals surface area contributed by atoms with E-state index in [0.717, 1.165) is 5.69 Å². The number of hydrogen-bond donors (Lipinski definition) is 1. The highest BCUT2D eigenvalue weighted by atomic mass is 32.2. The van der Waals surface area contributed by atoms with Gasteiger partial charge in [-0.1, -0.05) is 0 Å². The van der Waals surface area contributed by atoms with Gasteiger partial charge in [-0.25, -0.2) is 8.42 Å². The summed E-state index contributed by atoms with van der Waals surface area (Å²) in [5, 5.41) is 4.67. The first-order chi connectivity index (χ1) is 15.0. The molecule has 0 atom stereocenters. The maximum atomic E-state index is 13.2. The predicted molar refractivity (Wildman–Crippen MR) is 119 cm³/mol. The molecule has 1 aliphatic heterocycles. The van der Waals surface area contributed by atoms with Gasteiger partial charge >= 0.3 is 0 Å². The van der Waals surface area contributed by atoms with Crippen molar-refractivity contribution in [3.05, 3.63) is 59.0 Å². The Morgan fingerprint density at radius 3 is 2.65 bits per heavy atom. The van der Waals surface area contributed by atoms with Crippen LogP contribution < -0.4 is 10.1 Å². The third-order valence-corrected chi connectivity index (χ3v) is 7.64. The number of nitrogens with one attached hydrogen (secondary N) is 1. The SMILES string of the molecule is CCOc1ccc(NC(=O)c2sccc2-n2cccc2)cc1S(=O)(=O)N1CCOCC1. The summed E-state index contributed by atoms with van der Waals surface area (Å²) >= 11 is 1.32. The van der Waals surface area contributed by atoms with Gasteiger partial charge in [0.05, 0.1) is 25.5 Å². The molecule has 8 nitrogen and oxygen atoms in total. The minimum Gasteiger partial charge on any atom is -0.492 e. The van der Waals surface area contributed by atoms with Gasteiger partial charge < -0.3 is 19.4 Å². The number of rotatable bonds is 7. The molecule has 0 spiro atoms. The number of carbonyl (C=O) groups is 1. The van der Waals surface area contributed by atoms with Crippen LogP contribution in [-0.4, -0.2) is 56.1 Å². The zero-order chi connectivity index (χ0) is 21.8. The number of aromatic nitrogens is 1. The zero-order valence-electron chi connectivity index (χ0n) is 17.0. The van der Waals surface area contributed by atoms with Crippen LogP contribution in [0.3, 0.4) is 0 Å². The van der Waals surface area contributed by atoms with E-state index in [1.54, 1.807) is 19.1 Å². The monoisotopic (exact) mass is 461 g/mol. The smallest absolute Gasteiger partial charge is 0.267 e. The second kappa shape index (κ2) is 9.23. The lowest BCUT2D eigenvalue weighted by molar-refractivity contribution is 0.0729. The summed E-state index contributed by atoms with van der Waals surface area (Å²) in [4.78, 5) is 13.5. The van der Waals surface area contributed by atoms with E-state index in [0.29, 0.717) is 30.4 Å². The van der Waals surface area contributed by atoms with Gasteiger partial charge in [0.2, 0.25) is 10.0 Å². The van der Waals surface area contributed by atoms with Crippen LogP contribution in [-0.2, 0) is 14.8 Å². The second-order valence-corrected chi connectivity index (χ2v) is 9.61. The van der Waals surface area contributed by atoms with Gasteiger partial charge in [0.25, 0.3) is 5.91 Å². The van der Waals surface area contributed by atoms with E-state index in [2.05, 4.69) is 5.32 Å². The molecule has 4 rings (SSSR count). The average Bonchev–Trinajstić information content (AvgIpc) is 3.47. The maximum Gasteiger partial charge on any atom is 0.267 e. The van der Waals surface area contributed by atoms with Gasteiger partial charge in [0.1, 0.15) is 15.5 Å². The predicted octanol–water partition coefficient (Wildman–Crippen LogP) is 3.21. The number of sulfonamides is 1. The molecule has 1 N–H and O–H groups in total. The molecule has 0 bridgehead atoms. The number of anilines is 1. The Balaban J connectivity index is 1.64. The Labute approximate surface area is 185 Å². The lowest BCUT2D eigenvalue weighted by Gasteiger charge is -2.27. The Bertz CT molecular complexity index is 1150. The molecule has 3 heterocycles. The van der Waals surface area contributed by atoms with Crippen LogP contribution >= 0.6 is 11.3 Å². The number of thiophene rings is 1. The molecule has 1 amide bonds. The van der Waals surface area contributed by atoms with Crippen LogP contribution in [0.2, 0.25) is 0 Å². The van der Waals surface area contributed by atoms with Crippen molar-refractivity contribution in [2.45, 2.75) is 11.8 Å². The molecule has 1 saturated heterocycles. The van der Waals surface area contributed by atoms with E-state index < -0.39 is 10.0 Å². The first-order valence-corrected chi connectivity index (χ1v) is 12.2. The molecule has 10 heteroatoms. The summed E-state index contributed by atoms with van der Waals surface area (Å²) in [6, 6.07) is 10.3. The molecule has 1 fully saturated rings. The largest absolute Gasteiger partial charge is 0.492 e. The third-order valence-electron chi connectivity index (χ3n) is 4.82. The van der Waals surface area contributed by atoms with Crippen LogP contribution in [0, 0.1) is 0 Å². The number of ether oxygens (including phenoxy) is 2. The molecule has 3 aromatic rings. The number of amides is 1. The van der Waals surface area contributed by atoms with Crippen LogP contribution in [0.1, 0.15) is 16.6 Å². The zero-order valence-corrected chi connectivity index (χ0v) is 18.6. The standard InChI is InChI=1S/C21H23N3O5S2/c1-2-29-18-6-5-16(15-19(18)31(26,27)24-10-12-28-13-11-24)22-21(25)20-17(7-14-30-20)23-8-3-4-9-23/h3-9,14-15H,2,10-13H2,1H3,(H,22,25). The molecule has 1 aromatic carbocycles. The van der Waals surface area contributed by atoms with Crippen molar-refractivity contribution < 1.29 is 22.7 Å². The normalized spacial score (nSPS) is 15.0. The molecule has 0 aliphatic carbocycles. The average molecular weight is 462 g/mol. The quantitative estimate of drug-likeness (QED) is 0.584. The summed E-state index contributed by atoms with van der Waals surface area (Å²) in [5.41, 5.74) is 1.15. The van der Waals surface area contributed by atoms with Crippen molar-refractivity contribution >= 4 is 33.0 Å². The van der Waals surface area contributed by atoms with Crippen molar-refractivity contribution in [1.82, 2.24) is 8.87 Å². The molecule has 164 valence electrons. The topological polar surface area (TPSA) is 89.9 Å². The van der Waals surface area contributed by atoms with Gasteiger partial charge in [0.15, 0.2) is 0 Å². The molecule has 0 radical (unpaired) electrons. The third kappa shape index (κ3) is 4.52. The highest BCUT2D eigenvalue weighted by Gasteiger charge is 2.30. The lowest BCUT2D eigenvalue weighted by atomic mass is 10.3. The first kappa shape index (κ1) is 21.6. The van der Waals surface area contributed by atoms with Gasteiger partial charge in [-0.05, 0) is 48.7 Å². The van der Waals surface area contributed by atoms with Crippen molar-refractivity contribution in [1.29, 1.82) is 0 Å². The number of morpholine rings is 1. The van der Waals surface area contributed by atoms with Crippen LogP contribution in [0.5, 0.6) is 5.75 Å². The van der Waals surface area contributed by atoms with Gasteiger partial charge in [-0.3, -0.25) is 4.79 Å². The number of carbonyl (C=O) groups excluding carboxylic acids is 1. The van der Waals surface area contributed by atoms with E-state index in [1.807, 2.05) is 40.5 Å². The summed E-state index contributed by atoms with van der Waals surface area (Å²) in [7, 11) is -3.80. The molecule has 0 saturated carbocycles. The summed E-state index contributed by atoms with van der Waals surface area (Å²) in [5.74, 6) is -0.0475. The minimum atomic E-state index is -3.80. The maximum absolute atomic E-state index is 13.2. The second-order valence-electron chi connectivity index (χ2n) is 6.79. The van der Waals surface area contributed by atoms with E-state index in [1.165, 1.54) is 21.7 Å². The molecule has 2 aromatic heterocycles. The van der Waals surface area contributed by atoms with Crippen molar-refractivity contribution in [2.24, 2.45) is 0 Å². The molecule has 1 aliphatic rings. The van der Waals surface area contributed by atoms with Gasteiger partial charge in [-0.15, -0.1) is 11.3 Å². The highest BCUT2D eigenvalue weighted by Crippen LogP contribution is 2.31. The summed E-state index contributed by atoms with van der Waals surface area (Å²) in [6.07, 6.45) is 3.73. The molecular formula is C21H23N3O5S2. The van der Waals surface area contributed by atoms with E-state index in [9.17, 15) is 13.2 Å². The van der Waals surface area contributed by atoms with Crippen molar-refractivity contribution in [2.75, 3.05) is 38.2 Å². The Morgan fingerprint density at radius 1 is 1.19 bits per heavy atom. The minimum absolute atomic E-state index is 0.0332. The van der Waals surface area contributed by atoms with E-state index >= 15 is 0 Å². The van der Waals surface area contributed by atoms with Crippen LogP contribution in [0.25, 0.3) is 5.69 Å². The Morgan fingerprint density at radius 2 is 1.94 bits per heavy atom. The number of nitrogens with zero attached hydrogens (tertiary/aromatic N) is 2. The Hall–Kier alpha value is -2.66. The van der Waals surface area contributed by atoms with Gasteiger partial charge in [0, 0.05) is 31.2 Å². The summed E-state index contributed by atoms with van der Waals surface area (Å²) < 4.78 is 40.5. The molecule has 0 unspecified atom stereocenters. The van der Waals surface area contributed by atoms with E-state index in [4.69, 9.17) is 9.47 Å². The molecule has 31 heavy (non-hydrogen) atoms. The van der Waals surface area contributed by atoms with E-state index in [-0.39, 0.29) is 29.6 Å². The fourth-order valence-corrected chi connectivity index (χ4v) is 5.70. The Kier molecular flexibility index (Phi) is 6.42.